The summed E-state index contributed by atoms with van der Waals surface area (Å²) >= 11 is 0. The van der Waals surface area contributed by atoms with Crippen LogP contribution >= 0.6 is 0 Å². The van der Waals surface area contributed by atoms with Crippen LogP contribution in [-0.2, 0) is 22.4 Å². The Hall–Kier alpha value is -3.14. The topological polar surface area (TPSA) is 74.6 Å². The molecule has 0 saturated heterocycles. The molecule has 0 bridgehead atoms. The minimum Gasteiger partial charge on any atom is -0.478 e. The number of hydrogen-bond acceptors (Lipinski definition) is 2. The Balaban J connectivity index is 2.28. The predicted octanol–water partition coefficient (Wildman–Crippen LogP) is 4.02. The van der Waals surface area contributed by atoms with Gasteiger partial charge in [0.15, 0.2) is 0 Å². The molecule has 0 heterocycles. The molecule has 2 aromatic rings. The van der Waals surface area contributed by atoms with E-state index in [2.05, 4.69) is 18.2 Å². The van der Waals surface area contributed by atoms with Crippen molar-refractivity contribution in [2.24, 2.45) is 0 Å². The highest BCUT2D eigenvalue weighted by Gasteiger charge is 2.23. The van der Waals surface area contributed by atoms with Gasteiger partial charge in [-0.05, 0) is 63.9 Å². The lowest BCUT2D eigenvalue weighted by atomic mass is 9.90. The van der Waals surface area contributed by atoms with Crippen molar-refractivity contribution in [2.75, 3.05) is 0 Å². The molecule has 0 radical (unpaired) electrons. The quantitative estimate of drug-likeness (QED) is 0.691. The van der Waals surface area contributed by atoms with Gasteiger partial charge in [0, 0.05) is 12.2 Å². The molecule has 0 unspecified atom stereocenters. The van der Waals surface area contributed by atoms with Crippen LogP contribution in [0.1, 0.15) is 34.7 Å². The third kappa shape index (κ3) is 3.24. The van der Waals surface area contributed by atoms with E-state index in [1.165, 1.54) is 5.56 Å². The van der Waals surface area contributed by atoms with E-state index in [1.54, 1.807) is 12.2 Å². The first-order valence-corrected chi connectivity index (χ1v) is 8.10. The van der Waals surface area contributed by atoms with Gasteiger partial charge in [-0.25, -0.2) is 9.59 Å². The number of aliphatic carboxylic acids is 2. The number of benzene rings is 2. The fraction of sp³-hybridized carbons (Fsp3) is 0.143. The summed E-state index contributed by atoms with van der Waals surface area (Å²) in [6.45, 7) is 2.01. The fourth-order valence-electron chi connectivity index (χ4n) is 3.37. The Bertz CT molecular complexity index is 920. The van der Waals surface area contributed by atoms with E-state index in [-0.39, 0.29) is 0 Å². The molecule has 1 aliphatic rings. The van der Waals surface area contributed by atoms with Gasteiger partial charge in [-0.1, -0.05) is 37.3 Å². The van der Waals surface area contributed by atoms with Crippen molar-refractivity contribution in [1.29, 1.82) is 0 Å². The van der Waals surface area contributed by atoms with E-state index in [4.69, 9.17) is 10.2 Å². The number of aryl methyl sites for hydroxylation is 1. The zero-order valence-electron chi connectivity index (χ0n) is 13.8. The third-order valence-corrected chi connectivity index (χ3v) is 4.45. The van der Waals surface area contributed by atoms with Crippen LogP contribution in [0.15, 0.2) is 42.5 Å². The lowest BCUT2D eigenvalue weighted by Crippen LogP contribution is -1.99. The van der Waals surface area contributed by atoms with Crippen molar-refractivity contribution in [2.45, 2.75) is 19.8 Å². The number of carboxylic acids is 2. The van der Waals surface area contributed by atoms with Crippen LogP contribution in [0.4, 0.5) is 0 Å². The smallest absolute Gasteiger partial charge is 0.328 e. The van der Waals surface area contributed by atoms with Crippen LogP contribution in [0.5, 0.6) is 0 Å². The molecule has 0 fully saturated rings. The molecule has 0 amide bonds. The summed E-state index contributed by atoms with van der Waals surface area (Å²) in [6, 6.07) is 10.2. The minimum absolute atomic E-state index is 0.711. The molecule has 4 nitrogen and oxygen atoms in total. The van der Waals surface area contributed by atoms with E-state index in [1.807, 2.05) is 19.1 Å². The van der Waals surface area contributed by atoms with E-state index in [0.717, 1.165) is 52.0 Å². The van der Waals surface area contributed by atoms with Gasteiger partial charge in [-0.2, -0.15) is 0 Å². The van der Waals surface area contributed by atoms with Crippen LogP contribution in [0.25, 0.3) is 23.3 Å². The standard InChI is InChI=1S/C21H18O4/c1-2-13-11-18-15-6-4-3-5-14(15)12-19(18)17(8-10-21(24)25)16(13)7-9-20(22)23/h3-11H,2,12H2,1H3,(H,22,23)(H,24,25). The monoisotopic (exact) mass is 334 g/mol. The van der Waals surface area contributed by atoms with Crippen molar-refractivity contribution in [3.8, 4) is 11.1 Å². The molecular formula is C21H18O4. The van der Waals surface area contributed by atoms with Gasteiger partial charge >= 0.3 is 11.9 Å². The van der Waals surface area contributed by atoms with Gasteiger partial charge < -0.3 is 10.2 Å². The lowest BCUT2D eigenvalue weighted by molar-refractivity contribution is -0.132. The van der Waals surface area contributed by atoms with Gasteiger partial charge in [0.05, 0.1) is 0 Å². The Morgan fingerprint density at radius 2 is 1.64 bits per heavy atom. The molecule has 0 aliphatic heterocycles. The normalized spacial score (nSPS) is 12.5. The summed E-state index contributed by atoms with van der Waals surface area (Å²) in [7, 11) is 0. The number of rotatable bonds is 5. The first kappa shape index (κ1) is 16.7. The second-order valence-corrected chi connectivity index (χ2v) is 5.92. The third-order valence-electron chi connectivity index (χ3n) is 4.45. The van der Waals surface area contributed by atoms with Gasteiger partial charge in [0.25, 0.3) is 0 Å². The first-order valence-electron chi connectivity index (χ1n) is 8.10. The van der Waals surface area contributed by atoms with Crippen LogP contribution in [0, 0.1) is 0 Å². The van der Waals surface area contributed by atoms with E-state index >= 15 is 0 Å². The van der Waals surface area contributed by atoms with Crippen molar-refractivity contribution < 1.29 is 19.8 Å². The molecule has 0 spiro atoms. The van der Waals surface area contributed by atoms with Crippen molar-refractivity contribution in [1.82, 2.24) is 0 Å². The Morgan fingerprint density at radius 1 is 1.00 bits per heavy atom. The molecule has 3 rings (SSSR count). The maximum Gasteiger partial charge on any atom is 0.328 e. The maximum absolute atomic E-state index is 11.0. The van der Waals surface area contributed by atoms with Gasteiger partial charge in [-0.3, -0.25) is 0 Å². The van der Waals surface area contributed by atoms with Crippen molar-refractivity contribution in [3.05, 3.63) is 70.3 Å². The van der Waals surface area contributed by atoms with Crippen LogP contribution in [0.2, 0.25) is 0 Å². The molecule has 0 aromatic heterocycles. The average Bonchev–Trinajstić information content (AvgIpc) is 2.95. The molecule has 2 N–H and O–H groups in total. The summed E-state index contributed by atoms with van der Waals surface area (Å²) < 4.78 is 0. The Labute approximate surface area is 145 Å². The van der Waals surface area contributed by atoms with E-state index in [0.29, 0.717) is 6.42 Å². The Kier molecular flexibility index (Phi) is 4.52. The molecule has 2 aromatic carbocycles. The molecule has 25 heavy (non-hydrogen) atoms. The summed E-state index contributed by atoms with van der Waals surface area (Å²) in [5, 5.41) is 18.0. The minimum atomic E-state index is -1.03. The molecule has 0 atom stereocenters. The highest BCUT2D eigenvalue weighted by atomic mass is 16.4. The van der Waals surface area contributed by atoms with Crippen LogP contribution in [0.3, 0.4) is 0 Å². The van der Waals surface area contributed by atoms with Gasteiger partial charge in [0.2, 0.25) is 0 Å². The number of carbonyl (C=O) groups is 2. The van der Waals surface area contributed by atoms with Gasteiger partial charge in [-0.15, -0.1) is 0 Å². The number of hydrogen-bond donors (Lipinski definition) is 2. The van der Waals surface area contributed by atoms with Crippen molar-refractivity contribution in [3.63, 3.8) is 0 Å². The highest BCUT2D eigenvalue weighted by Crippen LogP contribution is 2.41. The molecular weight excluding hydrogens is 316 g/mol. The Morgan fingerprint density at radius 3 is 2.28 bits per heavy atom. The summed E-state index contributed by atoms with van der Waals surface area (Å²) in [5.74, 6) is -2.06. The second kappa shape index (κ2) is 6.77. The number of carboxylic acid groups (broad SMARTS) is 2. The van der Waals surface area contributed by atoms with E-state index in [9.17, 15) is 9.59 Å². The average molecular weight is 334 g/mol. The molecule has 126 valence electrons. The molecule has 1 aliphatic carbocycles. The summed E-state index contributed by atoms with van der Waals surface area (Å²) in [6.07, 6.45) is 6.78. The second-order valence-electron chi connectivity index (χ2n) is 5.92. The fourth-order valence-corrected chi connectivity index (χ4v) is 3.37. The maximum atomic E-state index is 11.0. The van der Waals surface area contributed by atoms with Crippen LogP contribution in [-0.4, -0.2) is 22.2 Å². The largest absolute Gasteiger partial charge is 0.478 e. The SMILES string of the molecule is CCc1cc2c(c(C=CC(=O)O)c1C=CC(=O)O)Cc1ccccc1-2. The van der Waals surface area contributed by atoms with Gasteiger partial charge in [0.1, 0.15) is 0 Å². The number of fused-ring (bicyclic) bond motifs is 3. The molecule has 4 heteroatoms. The van der Waals surface area contributed by atoms with Crippen LogP contribution < -0.4 is 0 Å². The molecule has 0 saturated carbocycles. The van der Waals surface area contributed by atoms with Crippen molar-refractivity contribution >= 4 is 24.1 Å². The summed E-state index contributed by atoms with van der Waals surface area (Å²) in [4.78, 5) is 22.0. The zero-order chi connectivity index (χ0) is 18.0. The zero-order valence-corrected chi connectivity index (χ0v) is 13.8. The summed E-state index contributed by atoms with van der Waals surface area (Å²) in [5.41, 5.74) is 7.05. The predicted molar refractivity (Wildman–Crippen MR) is 97.4 cm³/mol. The van der Waals surface area contributed by atoms with E-state index < -0.39 is 11.9 Å². The highest BCUT2D eigenvalue weighted by molar-refractivity contribution is 5.92. The lowest BCUT2D eigenvalue weighted by Gasteiger charge is -2.14. The first-order chi connectivity index (χ1) is 12.0.